The van der Waals surface area contributed by atoms with Crippen molar-refractivity contribution in [2.45, 2.75) is 31.2 Å². The first-order valence-electron chi connectivity index (χ1n) is 11.9. The van der Waals surface area contributed by atoms with Gasteiger partial charge in [-0.3, -0.25) is 14.6 Å². The Morgan fingerprint density at radius 1 is 1.11 bits per heavy atom. The average molecular weight is 533 g/mol. The number of amidine groups is 2. The molecule has 0 bridgehead atoms. The molecule has 3 aromatic rings. The van der Waals surface area contributed by atoms with Crippen LogP contribution in [0.1, 0.15) is 29.5 Å². The number of benzene rings is 3. The third-order valence-electron chi connectivity index (χ3n) is 6.12. The average Bonchev–Trinajstić information content (AvgIpc) is 3.26. The van der Waals surface area contributed by atoms with Crippen molar-refractivity contribution in [2.75, 3.05) is 7.11 Å². The van der Waals surface area contributed by atoms with E-state index in [1.807, 2.05) is 72.8 Å². The fraction of sp³-hybridized carbons (Fsp3) is 0.214. The zero-order valence-electron chi connectivity index (χ0n) is 20.2. The quantitative estimate of drug-likeness (QED) is 0.424. The van der Waals surface area contributed by atoms with Gasteiger partial charge < -0.3 is 10.1 Å². The van der Waals surface area contributed by atoms with Crippen LogP contribution in [0.3, 0.4) is 0 Å². The summed E-state index contributed by atoms with van der Waals surface area (Å²) in [7, 11) is 1.60. The second-order valence-corrected chi connectivity index (χ2v) is 9.98. The summed E-state index contributed by atoms with van der Waals surface area (Å²) in [5, 5.41) is 4.15. The summed E-state index contributed by atoms with van der Waals surface area (Å²) >= 11 is 7.60. The minimum atomic E-state index is -0.643. The Labute approximate surface area is 224 Å². The number of amides is 2. The summed E-state index contributed by atoms with van der Waals surface area (Å²) in [6.07, 6.45) is 0.491. The molecule has 0 saturated heterocycles. The van der Waals surface area contributed by atoms with E-state index < -0.39 is 6.04 Å². The number of hydrogen-bond acceptors (Lipinski definition) is 6. The second kappa shape index (κ2) is 11.2. The van der Waals surface area contributed by atoms with E-state index in [0.717, 1.165) is 28.1 Å². The number of methoxy groups -OCH3 is 1. The molecule has 1 N–H and O–H groups in total. The predicted octanol–water partition coefficient (Wildman–Crippen LogP) is 5.34. The van der Waals surface area contributed by atoms with Crippen molar-refractivity contribution >= 4 is 51.9 Å². The Hall–Kier alpha value is -3.62. The van der Waals surface area contributed by atoms with E-state index in [-0.39, 0.29) is 18.2 Å². The molecule has 2 amide bonds. The van der Waals surface area contributed by atoms with Gasteiger partial charge in [-0.05, 0) is 42.3 Å². The third-order valence-corrected chi connectivity index (χ3v) is 7.36. The summed E-state index contributed by atoms with van der Waals surface area (Å²) < 4.78 is 5.34. The van der Waals surface area contributed by atoms with Crippen LogP contribution in [-0.4, -0.2) is 40.9 Å². The normalized spacial score (nSPS) is 16.0. The van der Waals surface area contributed by atoms with Gasteiger partial charge in [0.15, 0.2) is 5.17 Å². The molecule has 2 aliphatic heterocycles. The van der Waals surface area contributed by atoms with Gasteiger partial charge in [-0.25, -0.2) is 9.89 Å². The SMILES string of the molecule is COc1ccccc1CNC(=O)CC[C@@H]1N=C2c3ccccc3N=C(SCc3cccc(Cl)c3)N2C1=O. The van der Waals surface area contributed by atoms with Crippen LogP contribution in [0, 0.1) is 0 Å². The summed E-state index contributed by atoms with van der Waals surface area (Å²) in [6.45, 7) is 0.354. The third kappa shape index (κ3) is 5.55. The van der Waals surface area contributed by atoms with E-state index in [0.29, 0.717) is 34.7 Å². The molecule has 2 heterocycles. The minimum Gasteiger partial charge on any atom is -0.496 e. The van der Waals surface area contributed by atoms with Crippen LogP contribution in [0.2, 0.25) is 5.02 Å². The van der Waals surface area contributed by atoms with E-state index in [2.05, 4.69) is 5.32 Å². The molecule has 1 atom stereocenters. The lowest BCUT2D eigenvalue weighted by molar-refractivity contribution is -0.125. The monoisotopic (exact) mass is 532 g/mol. The maximum atomic E-state index is 13.4. The standard InChI is InChI=1S/C28H25ClN4O3S/c1-36-24-12-5-2-8-19(24)16-30-25(34)14-13-23-27(35)33-26(31-23)21-10-3-4-11-22(21)32-28(33)37-17-18-7-6-9-20(29)15-18/h2-12,15,23H,13-14,16-17H2,1H3,(H,30,34)/t23-/m0/s1. The summed E-state index contributed by atoms with van der Waals surface area (Å²) in [5.41, 5.74) is 3.51. The number of aliphatic imine (C=N–C) groups is 2. The van der Waals surface area contributed by atoms with Gasteiger partial charge in [0.1, 0.15) is 17.6 Å². The predicted molar refractivity (Wildman–Crippen MR) is 148 cm³/mol. The van der Waals surface area contributed by atoms with E-state index >= 15 is 0 Å². The molecule has 0 radical (unpaired) electrons. The van der Waals surface area contributed by atoms with Crippen molar-refractivity contribution in [1.29, 1.82) is 0 Å². The molecule has 0 spiro atoms. The van der Waals surface area contributed by atoms with Crippen molar-refractivity contribution in [3.8, 4) is 5.75 Å². The highest BCUT2D eigenvalue weighted by Gasteiger charge is 2.41. The van der Waals surface area contributed by atoms with Gasteiger partial charge in [-0.2, -0.15) is 0 Å². The molecule has 7 nitrogen and oxygen atoms in total. The van der Waals surface area contributed by atoms with Gasteiger partial charge in [0.2, 0.25) is 5.91 Å². The van der Waals surface area contributed by atoms with E-state index in [4.69, 9.17) is 26.3 Å². The maximum absolute atomic E-state index is 13.4. The Morgan fingerprint density at radius 3 is 2.76 bits per heavy atom. The highest BCUT2D eigenvalue weighted by Crippen LogP contribution is 2.35. The number of fused-ring (bicyclic) bond motifs is 3. The molecule has 2 aliphatic rings. The van der Waals surface area contributed by atoms with Crippen LogP contribution in [0.5, 0.6) is 5.75 Å². The molecular weight excluding hydrogens is 508 g/mol. The molecule has 9 heteroatoms. The zero-order chi connectivity index (χ0) is 25.8. The van der Waals surface area contributed by atoms with Crippen LogP contribution < -0.4 is 10.1 Å². The summed E-state index contributed by atoms with van der Waals surface area (Å²) in [4.78, 5) is 37.1. The molecule has 0 aliphatic carbocycles. The lowest BCUT2D eigenvalue weighted by atomic mass is 10.1. The highest BCUT2D eigenvalue weighted by molar-refractivity contribution is 8.13. The first kappa shape index (κ1) is 25.0. The molecule has 0 aromatic heterocycles. The number of ether oxygens (including phenoxy) is 1. The Morgan fingerprint density at radius 2 is 1.92 bits per heavy atom. The van der Waals surface area contributed by atoms with Crippen molar-refractivity contribution in [3.63, 3.8) is 0 Å². The number of carbonyl (C=O) groups is 2. The molecule has 0 fully saturated rings. The van der Waals surface area contributed by atoms with Crippen molar-refractivity contribution in [2.24, 2.45) is 9.98 Å². The van der Waals surface area contributed by atoms with E-state index in [9.17, 15) is 9.59 Å². The van der Waals surface area contributed by atoms with Gasteiger partial charge in [-0.1, -0.05) is 65.8 Å². The maximum Gasteiger partial charge on any atom is 0.259 e. The van der Waals surface area contributed by atoms with E-state index in [1.54, 1.807) is 12.0 Å². The number of para-hydroxylation sites is 2. The molecule has 188 valence electrons. The van der Waals surface area contributed by atoms with Crippen molar-refractivity contribution in [1.82, 2.24) is 10.2 Å². The lowest BCUT2D eigenvalue weighted by Crippen LogP contribution is -2.41. The minimum absolute atomic E-state index is 0.145. The number of carbonyl (C=O) groups excluding carboxylic acids is 2. The zero-order valence-corrected chi connectivity index (χ0v) is 21.8. The van der Waals surface area contributed by atoms with Crippen LogP contribution >= 0.6 is 23.4 Å². The van der Waals surface area contributed by atoms with Gasteiger partial charge in [0.05, 0.1) is 12.8 Å². The topological polar surface area (TPSA) is 83.4 Å². The number of halogens is 1. The number of hydrogen-bond donors (Lipinski definition) is 1. The number of nitrogens with one attached hydrogen (secondary N) is 1. The molecule has 37 heavy (non-hydrogen) atoms. The van der Waals surface area contributed by atoms with E-state index in [1.165, 1.54) is 11.8 Å². The van der Waals surface area contributed by atoms with Crippen LogP contribution in [0.25, 0.3) is 0 Å². The van der Waals surface area contributed by atoms with Crippen LogP contribution in [0.4, 0.5) is 5.69 Å². The van der Waals surface area contributed by atoms with Crippen LogP contribution in [0.15, 0.2) is 82.8 Å². The van der Waals surface area contributed by atoms with Crippen molar-refractivity contribution < 1.29 is 14.3 Å². The fourth-order valence-electron chi connectivity index (χ4n) is 4.26. The first-order chi connectivity index (χ1) is 18.0. The number of rotatable bonds is 8. The largest absolute Gasteiger partial charge is 0.496 e. The fourth-order valence-corrected chi connectivity index (χ4v) is 5.42. The molecular formula is C28H25ClN4O3S. The smallest absolute Gasteiger partial charge is 0.259 e. The van der Waals surface area contributed by atoms with Gasteiger partial charge in [-0.15, -0.1) is 0 Å². The summed E-state index contributed by atoms with van der Waals surface area (Å²) in [6, 6.07) is 22.2. The molecule has 0 saturated carbocycles. The highest BCUT2D eigenvalue weighted by atomic mass is 35.5. The van der Waals surface area contributed by atoms with Gasteiger partial charge in [0.25, 0.3) is 5.91 Å². The van der Waals surface area contributed by atoms with Crippen molar-refractivity contribution in [3.05, 3.63) is 94.5 Å². The number of thioether (sulfide) groups is 1. The second-order valence-electron chi connectivity index (χ2n) is 8.60. The van der Waals surface area contributed by atoms with Gasteiger partial charge in [0, 0.05) is 34.9 Å². The molecule has 3 aromatic carbocycles. The Kier molecular flexibility index (Phi) is 7.58. The Balaban J connectivity index is 1.27. The lowest BCUT2D eigenvalue weighted by Gasteiger charge is -2.25. The molecule has 0 unspecified atom stereocenters. The first-order valence-corrected chi connectivity index (χ1v) is 13.3. The summed E-state index contributed by atoms with van der Waals surface area (Å²) in [5.74, 6) is 1.60. The number of nitrogens with zero attached hydrogens (tertiary/aromatic N) is 3. The Bertz CT molecular complexity index is 1410. The molecule has 5 rings (SSSR count). The van der Waals surface area contributed by atoms with Gasteiger partial charge >= 0.3 is 0 Å². The van der Waals surface area contributed by atoms with Crippen LogP contribution in [-0.2, 0) is 21.9 Å².